The van der Waals surface area contributed by atoms with Gasteiger partial charge in [0.2, 0.25) is 0 Å². The zero-order valence-electron chi connectivity index (χ0n) is 8.93. The number of hydrogen-bond acceptors (Lipinski definition) is 0. The van der Waals surface area contributed by atoms with Gasteiger partial charge in [-0.3, -0.25) is 0 Å². The second kappa shape index (κ2) is 6.12. The average Bonchev–Trinajstić information content (AvgIpc) is 2.17. The largest absolute Gasteiger partial charge is 0.0843 e. The van der Waals surface area contributed by atoms with Gasteiger partial charge in [0, 0.05) is 14.9 Å². The molecule has 84 valence electrons. The normalized spacial score (nSPS) is 15.0. The number of alkyl halides is 1. The van der Waals surface area contributed by atoms with Crippen LogP contribution in [0.2, 0.25) is 10.0 Å². The van der Waals surface area contributed by atoms with Gasteiger partial charge in [0.05, 0.1) is 0 Å². The molecular formula is C12H15BrCl2. The van der Waals surface area contributed by atoms with Crippen molar-refractivity contribution < 1.29 is 0 Å². The van der Waals surface area contributed by atoms with Crippen molar-refractivity contribution in [2.75, 3.05) is 0 Å². The summed E-state index contributed by atoms with van der Waals surface area (Å²) in [7, 11) is 0. The Balaban J connectivity index is 2.77. The standard InChI is InChI=1S/C12H15BrCl2/c1-3-8(2)6-11(13)10-5-4-9(14)7-12(10)15/h4-5,7-8,11H,3,6H2,1-2H3. The van der Waals surface area contributed by atoms with Crippen LogP contribution in [0.4, 0.5) is 0 Å². The molecule has 1 rings (SSSR count). The van der Waals surface area contributed by atoms with Crippen LogP contribution in [0.25, 0.3) is 0 Å². The van der Waals surface area contributed by atoms with Crippen molar-refractivity contribution in [2.24, 2.45) is 5.92 Å². The second-order valence-corrected chi connectivity index (χ2v) is 5.83. The van der Waals surface area contributed by atoms with Crippen LogP contribution in [0.3, 0.4) is 0 Å². The summed E-state index contributed by atoms with van der Waals surface area (Å²) in [6, 6.07) is 5.67. The third-order valence-corrected chi connectivity index (χ3v) is 4.04. The zero-order chi connectivity index (χ0) is 11.4. The molecular weight excluding hydrogens is 295 g/mol. The van der Waals surface area contributed by atoms with Crippen molar-refractivity contribution in [3.8, 4) is 0 Å². The van der Waals surface area contributed by atoms with E-state index in [1.807, 2.05) is 12.1 Å². The first-order valence-corrected chi connectivity index (χ1v) is 6.80. The third-order valence-electron chi connectivity index (χ3n) is 2.61. The zero-order valence-corrected chi connectivity index (χ0v) is 12.0. The van der Waals surface area contributed by atoms with E-state index >= 15 is 0 Å². The van der Waals surface area contributed by atoms with Gasteiger partial charge in [-0.05, 0) is 30.0 Å². The van der Waals surface area contributed by atoms with Crippen LogP contribution in [-0.2, 0) is 0 Å². The predicted molar refractivity (Wildman–Crippen MR) is 72.2 cm³/mol. The summed E-state index contributed by atoms with van der Waals surface area (Å²) in [5.41, 5.74) is 1.13. The Labute approximate surface area is 110 Å². The first-order valence-electron chi connectivity index (χ1n) is 5.13. The van der Waals surface area contributed by atoms with E-state index < -0.39 is 0 Å². The lowest BCUT2D eigenvalue weighted by molar-refractivity contribution is 0.514. The summed E-state index contributed by atoms with van der Waals surface area (Å²) >= 11 is 15.7. The molecule has 0 aliphatic rings. The van der Waals surface area contributed by atoms with Gasteiger partial charge in [0.25, 0.3) is 0 Å². The maximum absolute atomic E-state index is 6.14. The molecule has 1 aromatic rings. The van der Waals surface area contributed by atoms with Crippen molar-refractivity contribution in [1.82, 2.24) is 0 Å². The van der Waals surface area contributed by atoms with Crippen molar-refractivity contribution in [3.63, 3.8) is 0 Å². The molecule has 0 radical (unpaired) electrons. The summed E-state index contributed by atoms with van der Waals surface area (Å²) in [6.07, 6.45) is 2.28. The molecule has 0 N–H and O–H groups in total. The van der Waals surface area contributed by atoms with E-state index in [0.717, 1.165) is 17.0 Å². The molecule has 0 nitrogen and oxygen atoms in total. The van der Waals surface area contributed by atoms with Crippen LogP contribution in [0, 0.1) is 5.92 Å². The van der Waals surface area contributed by atoms with E-state index in [1.165, 1.54) is 6.42 Å². The molecule has 15 heavy (non-hydrogen) atoms. The number of hydrogen-bond donors (Lipinski definition) is 0. The van der Waals surface area contributed by atoms with Crippen molar-refractivity contribution in [2.45, 2.75) is 31.5 Å². The first-order chi connectivity index (χ1) is 7.04. The molecule has 2 unspecified atom stereocenters. The third kappa shape index (κ3) is 3.97. The lowest BCUT2D eigenvalue weighted by Crippen LogP contribution is -1.99. The molecule has 0 amide bonds. The number of rotatable bonds is 4. The molecule has 0 spiro atoms. The second-order valence-electron chi connectivity index (χ2n) is 3.88. The summed E-state index contributed by atoms with van der Waals surface area (Å²) in [5.74, 6) is 0.695. The highest BCUT2D eigenvalue weighted by Crippen LogP contribution is 2.36. The van der Waals surface area contributed by atoms with Crippen LogP contribution in [-0.4, -0.2) is 0 Å². The van der Waals surface area contributed by atoms with Gasteiger partial charge >= 0.3 is 0 Å². The van der Waals surface area contributed by atoms with E-state index in [1.54, 1.807) is 6.07 Å². The molecule has 0 aliphatic heterocycles. The molecule has 0 saturated carbocycles. The highest BCUT2D eigenvalue weighted by Gasteiger charge is 2.14. The van der Waals surface area contributed by atoms with E-state index in [-0.39, 0.29) is 0 Å². The van der Waals surface area contributed by atoms with Crippen LogP contribution in [0.1, 0.15) is 37.1 Å². The fourth-order valence-electron chi connectivity index (χ4n) is 1.40. The van der Waals surface area contributed by atoms with Gasteiger partial charge in [-0.15, -0.1) is 0 Å². The summed E-state index contributed by atoms with van der Waals surface area (Å²) in [4.78, 5) is 0.317. The summed E-state index contributed by atoms with van der Waals surface area (Å²) in [6.45, 7) is 4.45. The Morgan fingerprint density at radius 3 is 2.53 bits per heavy atom. The molecule has 3 heteroatoms. The van der Waals surface area contributed by atoms with Crippen LogP contribution >= 0.6 is 39.1 Å². The predicted octanol–water partition coefficient (Wildman–Crippen LogP) is 5.87. The van der Waals surface area contributed by atoms with Crippen LogP contribution in [0.5, 0.6) is 0 Å². The Morgan fingerprint density at radius 2 is 2.00 bits per heavy atom. The van der Waals surface area contributed by atoms with Crippen molar-refractivity contribution >= 4 is 39.1 Å². The van der Waals surface area contributed by atoms with Crippen LogP contribution < -0.4 is 0 Å². The highest BCUT2D eigenvalue weighted by molar-refractivity contribution is 9.09. The van der Waals surface area contributed by atoms with Gasteiger partial charge in [-0.1, -0.05) is 65.5 Å². The minimum atomic E-state index is 0.317. The van der Waals surface area contributed by atoms with Gasteiger partial charge in [-0.2, -0.15) is 0 Å². The molecule has 0 bridgehead atoms. The topological polar surface area (TPSA) is 0 Å². The van der Waals surface area contributed by atoms with Gasteiger partial charge in [0.15, 0.2) is 0 Å². The SMILES string of the molecule is CCC(C)CC(Br)c1ccc(Cl)cc1Cl. The first kappa shape index (κ1) is 13.3. The maximum Gasteiger partial charge on any atom is 0.0464 e. The fourth-order valence-corrected chi connectivity index (χ4v) is 3.11. The highest BCUT2D eigenvalue weighted by atomic mass is 79.9. The monoisotopic (exact) mass is 308 g/mol. The molecule has 2 atom stereocenters. The quantitative estimate of drug-likeness (QED) is 0.610. The van der Waals surface area contributed by atoms with Crippen molar-refractivity contribution in [1.29, 1.82) is 0 Å². The van der Waals surface area contributed by atoms with E-state index in [4.69, 9.17) is 23.2 Å². The molecule has 0 saturated heterocycles. The molecule has 0 aromatic heterocycles. The van der Waals surface area contributed by atoms with Gasteiger partial charge in [-0.25, -0.2) is 0 Å². The van der Waals surface area contributed by atoms with E-state index in [0.29, 0.717) is 15.8 Å². The average molecular weight is 310 g/mol. The number of halogens is 3. The Morgan fingerprint density at radius 1 is 1.33 bits per heavy atom. The molecule has 0 aliphatic carbocycles. The van der Waals surface area contributed by atoms with Gasteiger partial charge < -0.3 is 0 Å². The van der Waals surface area contributed by atoms with Gasteiger partial charge in [0.1, 0.15) is 0 Å². The molecule has 0 fully saturated rings. The summed E-state index contributed by atoms with van der Waals surface area (Å²) in [5, 5.41) is 1.43. The smallest absolute Gasteiger partial charge is 0.0464 e. The number of benzene rings is 1. The van der Waals surface area contributed by atoms with Crippen LogP contribution in [0.15, 0.2) is 18.2 Å². The minimum Gasteiger partial charge on any atom is -0.0843 e. The lowest BCUT2D eigenvalue weighted by atomic mass is 9.99. The molecule has 0 heterocycles. The fraction of sp³-hybridized carbons (Fsp3) is 0.500. The van der Waals surface area contributed by atoms with E-state index in [9.17, 15) is 0 Å². The Hall–Kier alpha value is 0.280. The maximum atomic E-state index is 6.14. The Kier molecular flexibility index (Phi) is 5.45. The Bertz CT molecular complexity index is 325. The van der Waals surface area contributed by atoms with Crippen molar-refractivity contribution in [3.05, 3.63) is 33.8 Å². The lowest BCUT2D eigenvalue weighted by Gasteiger charge is -2.16. The van der Waals surface area contributed by atoms with E-state index in [2.05, 4.69) is 29.8 Å². The molecule has 1 aromatic carbocycles. The summed E-state index contributed by atoms with van der Waals surface area (Å²) < 4.78 is 0. The minimum absolute atomic E-state index is 0.317.